The SMILES string of the molecule is CCN(CC)C(=O)[C@H]1Cn2ccnc2C2(CCN(C(=O)COC)CC2)O1. The van der Waals surface area contributed by atoms with Crippen molar-refractivity contribution in [3.63, 3.8) is 0 Å². The summed E-state index contributed by atoms with van der Waals surface area (Å²) < 4.78 is 13.4. The van der Waals surface area contributed by atoms with Gasteiger partial charge >= 0.3 is 0 Å². The molecule has 8 nitrogen and oxygen atoms in total. The van der Waals surface area contributed by atoms with Crippen LogP contribution in [0.3, 0.4) is 0 Å². The lowest BCUT2D eigenvalue weighted by Crippen LogP contribution is -2.55. The number of likely N-dealkylation sites (N-methyl/N-ethyl adjacent to an activating group) is 1. The van der Waals surface area contributed by atoms with Gasteiger partial charge in [-0.15, -0.1) is 0 Å². The van der Waals surface area contributed by atoms with Gasteiger partial charge in [0.2, 0.25) is 5.91 Å². The fourth-order valence-electron chi connectivity index (χ4n) is 3.94. The second kappa shape index (κ2) is 7.75. The van der Waals surface area contributed by atoms with Crippen molar-refractivity contribution in [2.45, 2.75) is 44.9 Å². The van der Waals surface area contributed by atoms with Crippen molar-refractivity contribution in [2.24, 2.45) is 0 Å². The Hall–Kier alpha value is -1.93. The molecule has 144 valence electrons. The van der Waals surface area contributed by atoms with E-state index in [0.29, 0.717) is 45.6 Å². The first-order chi connectivity index (χ1) is 12.5. The van der Waals surface area contributed by atoms with Crippen molar-refractivity contribution in [1.82, 2.24) is 19.4 Å². The third-order valence-corrected chi connectivity index (χ3v) is 5.40. The minimum atomic E-state index is -0.612. The highest BCUT2D eigenvalue weighted by Gasteiger charge is 2.48. The van der Waals surface area contributed by atoms with Crippen LogP contribution in [0.4, 0.5) is 0 Å². The Morgan fingerprint density at radius 3 is 2.65 bits per heavy atom. The molecular weight excluding hydrogens is 336 g/mol. The summed E-state index contributed by atoms with van der Waals surface area (Å²) in [7, 11) is 1.52. The molecule has 3 rings (SSSR count). The first-order valence-electron chi connectivity index (χ1n) is 9.29. The molecule has 0 bridgehead atoms. The van der Waals surface area contributed by atoms with Gasteiger partial charge in [-0.2, -0.15) is 0 Å². The molecule has 0 aliphatic carbocycles. The molecule has 26 heavy (non-hydrogen) atoms. The van der Waals surface area contributed by atoms with E-state index in [-0.39, 0.29) is 18.4 Å². The highest BCUT2D eigenvalue weighted by molar-refractivity contribution is 5.81. The van der Waals surface area contributed by atoms with Crippen molar-refractivity contribution < 1.29 is 19.1 Å². The van der Waals surface area contributed by atoms with Crippen molar-refractivity contribution in [3.8, 4) is 0 Å². The molecule has 2 aliphatic rings. The van der Waals surface area contributed by atoms with Gasteiger partial charge in [-0.3, -0.25) is 9.59 Å². The summed E-state index contributed by atoms with van der Waals surface area (Å²) >= 11 is 0. The van der Waals surface area contributed by atoms with Crippen molar-refractivity contribution in [3.05, 3.63) is 18.2 Å². The van der Waals surface area contributed by atoms with E-state index in [1.165, 1.54) is 7.11 Å². The number of imidazole rings is 1. The number of carbonyl (C=O) groups excluding carboxylic acids is 2. The highest BCUT2D eigenvalue weighted by Crippen LogP contribution is 2.40. The zero-order chi connectivity index (χ0) is 18.7. The molecule has 1 spiro atoms. The number of amides is 2. The summed E-state index contributed by atoms with van der Waals surface area (Å²) in [6.07, 6.45) is 4.40. The molecule has 0 unspecified atom stereocenters. The Kier molecular flexibility index (Phi) is 5.62. The van der Waals surface area contributed by atoms with Crippen LogP contribution in [0, 0.1) is 0 Å². The fourth-order valence-corrected chi connectivity index (χ4v) is 3.94. The molecule has 0 saturated carbocycles. The van der Waals surface area contributed by atoms with E-state index in [2.05, 4.69) is 4.98 Å². The number of hydrogen-bond donors (Lipinski definition) is 0. The van der Waals surface area contributed by atoms with Gasteiger partial charge < -0.3 is 23.8 Å². The topological polar surface area (TPSA) is 76.9 Å². The first-order valence-corrected chi connectivity index (χ1v) is 9.29. The summed E-state index contributed by atoms with van der Waals surface area (Å²) in [5.41, 5.74) is -0.612. The predicted octanol–water partition coefficient (Wildman–Crippen LogP) is 0.614. The molecule has 1 aromatic rings. The zero-order valence-corrected chi connectivity index (χ0v) is 15.8. The Bertz CT molecular complexity index is 647. The Morgan fingerprint density at radius 2 is 2.04 bits per heavy atom. The van der Waals surface area contributed by atoms with Gasteiger partial charge in [-0.1, -0.05) is 0 Å². The van der Waals surface area contributed by atoms with Crippen LogP contribution in [0.15, 0.2) is 12.4 Å². The van der Waals surface area contributed by atoms with E-state index >= 15 is 0 Å². The number of rotatable bonds is 5. The molecule has 1 fully saturated rings. The van der Waals surface area contributed by atoms with Crippen LogP contribution >= 0.6 is 0 Å². The third-order valence-electron chi connectivity index (χ3n) is 5.40. The number of methoxy groups -OCH3 is 1. The smallest absolute Gasteiger partial charge is 0.253 e. The lowest BCUT2D eigenvalue weighted by Gasteiger charge is -2.46. The van der Waals surface area contributed by atoms with Crippen molar-refractivity contribution >= 4 is 11.8 Å². The van der Waals surface area contributed by atoms with Gasteiger partial charge in [-0.25, -0.2) is 4.98 Å². The molecule has 0 aromatic carbocycles. The number of carbonyl (C=O) groups is 2. The van der Waals surface area contributed by atoms with E-state index in [0.717, 1.165) is 5.82 Å². The average Bonchev–Trinajstić information content (AvgIpc) is 3.13. The maximum Gasteiger partial charge on any atom is 0.253 e. The summed E-state index contributed by atoms with van der Waals surface area (Å²) in [5.74, 6) is 0.865. The first kappa shape index (κ1) is 18.8. The molecule has 0 radical (unpaired) electrons. The standard InChI is InChI=1S/C18H28N4O4/c1-4-20(5-2)16(24)14-12-22-11-8-19-17(22)18(26-14)6-9-21(10-7-18)15(23)13-25-3/h8,11,14H,4-7,9-10,12-13H2,1-3H3/t14-/m1/s1. The minimum Gasteiger partial charge on any atom is -0.375 e. The summed E-state index contributed by atoms with van der Waals surface area (Å²) in [6.45, 7) is 6.99. The van der Waals surface area contributed by atoms with Crippen LogP contribution in [-0.2, 0) is 31.2 Å². The molecule has 1 saturated heterocycles. The number of piperidine rings is 1. The lowest BCUT2D eigenvalue weighted by molar-refractivity contribution is -0.183. The van der Waals surface area contributed by atoms with E-state index in [1.54, 1.807) is 16.0 Å². The van der Waals surface area contributed by atoms with Crippen LogP contribution in [0.25, 0.3) is 0 Å². The van der Waals surface area contributed by atoms with E-state index < -0.39 is 11.7 Å². The fraction of sp³-hybridized carbons (Fsp3) is 0.722. The number of ether oxygens (including phenoxy) is 2. The largest absolute Gasteiger partial charge is 0.375 e. The van der Waals surface area contributed by atoms with Gasteiger partial charge in [-0.05, 0) is 13.8 Å². The molecule has 8 heteroatoms. The second-order valence-corrected chi connectivity index (χ2v) is 6.83. The third kappa shape index (κ3) is 3.35. The van der Waals surface area contributed by atoms with Crippen molar-refractivity contribution in [2.75, 3.05) is 39.9 Å². The van der Waals surface area contributed by atoms with Crippen LogP contribution in [-0.4, -0.2) is 77.2 Å². The zero-order valence-electron chi connectivity index (χ0n) is 15.8. The molecule has 1 aromatic heterocycles. The summed E-state index contributed by atoms with van der Waals surface area (Å²) in [4.78, 5) is 33.0. The highest BCUT2D eigenvalue weighted by atomic mass is 16.5. The second-order valence-electron chi connectivity index (χ2n) is 6.83. The monoisotopic (exact) mass is 364 g/mol. The van der Waals surface area contributed by atoms with Gasteiger partial charge in [0, 0.05) is 58.5 Å². The van der Waals surface area contributed by atoms with Gasteiger partial charge in [0.05, 0.1) is 6.54 Å². The molecule has 2 amide bonds. The van der Waals surface area contributed by atoms with E-state index in [9.17, 15) is 9.59 Å². The normalized spacial score (nSPS) is 21.5. The van der Waals surface area contributed by atoms with Crippen LogP contribution in [0.1, 0.15) is 32.5 Å². The summed E-state index contributed by atoms with van der Waals surface area (Å²) in [6, 6.07) is 0. The molecule has 1 atom stereocenters. The lowest BCUT2D eigenvalue weighted by atomic mass is 9.88. The van der Waals surface area contributed by atoms with E-state index in [1.807, 2.05) is 24.6 Å². The predicted molar refractivity (Wildman–Crippen MR) is 94.4 cm³/mol. The average molecular weight is 364 g/mol. The minimum absolute atomic E-state index is 0.0164. The number of aromatic nitrogens is 2. The Balaban J connectivity index is 1.79. The maximum atomic E-state index is 12.9. The quantitative estimate of drug-likeness (QED) is 0.765. The Morgan fingerprint density at radius 1 is 1.35 bits per heavy atom. The van der Waals surface area contributed by atoms with Gasteiger partial charge in [0.1, 0.15) is 18.0 Å². The Labute approximate surface area is 154 Å². The number of likely N-dealkylation sites (tertiary alicyclic amines) is 1. The molecule has 0 N–H and O–H groups in total. The van der Waals surface area contributed by atoms with Crippen LogP contribution in [0.2, 0.25) is 0 Å². The number of fused-ring (bicyclic) bond motifs is 2. The molecule has 2 aliphatic heterocycles. The van der Waals surface area contributed by atoms with E-state index in [4.69, 9.17) is 9.47 Å². The van der Waals surface area contributed by atoms with Crippen LogP contribution < -0.4 is 0 Å². The molecule has 3 heterocycles. The summed E-state index contributed by atoms with van der Waals surface area (Å²) in [5, 5.41) is 0. The maximum absolute atomic E-state index is 12.9. The van der Waals surface area contributed by atoms with Gasteiger partial charge in [0.25, 0.3) is 5.91 Å². The van der Waals surface area contributed by atoms with Crippen LogP contribution in [0.5, 0.6) is 0 Å². The number of hydrogen-bond acceptors (Lipinski definition) is 5. The number of nitrogens with zero attached hydrogens (tertiary/aromatic N) is 4. The van der Waals surface area contributed by atoms with Crippen molar-refractivity contribution in [1.29, 1.82) is 0 Å². The molecular formula is C18H28N4O4. The van der Waals surface area contributed by atoms with Gasteiger partial charge in [0.15, 0.2) is 6.10 Å².